The number of carboxylic acid groups (broad SMARTS) is 2. The van der Waals surface area contributed by atoms with Gasteiger partial charge in [0.15, 0.2) is 0 Å². The smallest absolute Gasteiger partial charge is 1.00 e. The average Bonchev–Trinajstić information content (AvgIpc) is 0.811. The molecule has 0 saturated carbocycles. The molecule has 0 aliphatic carbocycles. The molecule has 0 aromatic rings. The molecular weight excluding hydrogens is 89.9 g/mol. The van der Waals surface area contributed by atoms with Crippen molar-refractivity contribution in [3.8, 4) is 0 Å². The second-order valence-electron chi connectivity index (χ2n) is 0.283. The molecule has 7 heavy (non-hydrogen) atoms. The van der Waals surface area contributed by atoms with Gasteiger partial charge in [0.1, 0.15) is 0 Å². The van der Waals surface area contributed by atoms with Crippen LogP contribution in [0.15, 0.2) is 0 Å². The van der Waals surface area contributed by atoms with E-state index in [2.05, 4.69) is 0 Å². The van der Waals surface area contributed by atoms with E-state index in [0.29, 0.717) is 0 Å². The van der Waals surface area contributed by atoms with Crippen LogP contribution in [0.25, 0.3) is 0 Å². The van der Waals surface area contributed by atoms with Gasteiger partial charge in [-0.1, -0.05) is 0 Å². The predicted molar refractivity (Wildman–Crippen MR) is 13.7 cm³/mol. The Morgan fingerprint density at radius 2 is 1.29 bits per heavy atom. The van der Waals surface area contributed by atoms with Crippen molar-refractivity contribution in [2.75, 3.05) is 0 Å². The third-order valence-electron chi connectivity index (χ3n) is 0. The summed E-state index contributed by atoms with van der Waals surface area (Å²) in [6, 6.07) is 0. The van der Waals surface area contributed by atoms with Crippen LogP contribution in [-0.4, -0.2) is 21.8 Å². The molecule has 0 saturated heterocycles. The molecule has 6 heteroatoms. The largest absolute Gasteiger partial charge is 1.00 e. The fourth-order valence-corrected chi connectivity index (χ4v) is 0. The molecule has 0 radical (unpaired) electrons. The molecule has 0 fully saturated rings. The summed E-state index contributed by atoms with van der Waals surface area (Å²) < 4.78 is 0. The molecule has 0 heterocycles. The first-order valence-corrected chi connectivity index (χ1v) is 0.651. The summed E-state index contributed by atoms with van der Waals surface area (Å²) >= 11 is 0. The molecule has 0 aromatic heterocycles. The van der Waals surface area contributed by atoms with E-state index in [1.807, 2.05) is 0 Å². The van der Waals surface area contributed by atoms with Crippen molar-refractivity contribution in [1.29, 1.82) is 0 Å². The van der Waals surface area contributed by atoms with Gasteiger partial charge in [0.25, 0.3) is 0 Å². The number of rotatable bonds is 0. The molecule has 0 unspecified atom stereocenters. The van der Waals surface area contributed by atoms with E-state index in [9.17, 15) is 0 Å². The van der Waals surface area contributed by atoms with E-state index in [1.54, 1.807) is 0 Å². The zero-order valence-corrected chi connectivity index (χ0v) is 4.25. The SMILES string of the molecule is O=C(O)O.[H-].[Li+].[Li+].[OH-]. The van der Waals surface area contributed by atoms with Gasteiger partial charge in [-0.15, -0.1) is 0 Å². The van der Waals surface area contributed by atoms with E-state index in [-0.39, 0.29) is 44.6 Å². The van der Waals surface area contributed by atoms with Crippen molar-refractivity contribution in [1.82, 2.24) is 0 Å². The third-order valence-corrected chi connectivity index (χ3v) is 0. The summed E-state index contributed by atoms with van der Waals surface area (Å²) in [6.07, 6.45) is -1.83. The Morgan fingerprint density at radius 3 is 1.29 bits per heavy atom. The van der Waals surface area contributed by atoms with Crippen LogP contribution in [-0.2, 0) is 0 Å². The van der Waals surface area contributed by atoms with Crippen LogP contribution in [0.2, 0.25) is 0 Å². The fraction of sp³-hybridized carbons (Fsp3) is 0. The summed E-state index contributed by atoms with van der Waals surface area (Å²) in [5.74, 6) is 0. The van der Waals surface area contributed by atoms with Crippen LogP contribution in [0.4, 0.5) is 4.79 Å². The minimum Gasteiger partial charge on any atom is -1.00 e. The fourth-order valence-electron chi connectivity index (χ4n) is 0. The van der Waals surface area contributed by atoms with Gasteiger partial charge in [0.2, 0.25) is 0 Å². The van der Waals surface area contributed by atoms with Crippen LogP contribution in [0.1, 0.15) is 1.43 Å². The molecule has 0 bridgehead atoms. The molecule has 0 aliphatic heterocycles. The maximum Gasteiger partial charge on any atom is 1.00 e. The van der Waals surface area contributed by atoms with Crippen LogP contribution in [0.3, 0.4) is 0 Å². The van der Waals surface area contributed by atoms with Gasteiger partial charge in [0, 0.05) is 0 Å². The number of hydrogen-bond donors (Lipinski definition) is 2. The van der Waals surface area contributed by atoms with Crippen molar-refractivity contribution in [2.24, 2.45) is 0 Å². The predicted octanol–water partition coefficient (Wildman–Crippen LogP) is -5.83. The Balaban J connectivity index is -0.00000000750. The second kappa shape index (κ2) is 16.1. The van der Waals surface area contributed by atoms with Gasteiger partial charge in [-0.2, -0.15) is 0 Å². The molecule has 0 rings (SSSR count). The van der Waals surface area contributed by atoms with Crippen molar-refractivity contribution in [2.45, 2.75) is 0 Å². The first-order chi connectivity index (χ1) is 1.73. The monoisotopic (exact) mass is 94.0 g/mol. The molecule has 4 nitrogen and oxygen atoms in total. The standard InChI is InChI=1S/CH2O3.2Li.H2O.H/c2-1(3)4;;;;/h(H2,2,3,4);;;1H2;/q;2*+1;;-1/p-1. The second-order valence-corrected chi connectivity index (χ2v) is 0.283. The molecule has 0 atom stereocenters. The quantitative estimate of drug-likeness (QED) is 0.292. The zero-order chi connectivity index (χ0) is 3.58. The van der Waals surface area contributed by atoms with Crippen LogP contribution in [0, 0.1) is 0 Å². The van der Waals surface area contributed by atoms with Crippen LogP contribution < -0.4 is 37.7 Å². The number of hydrogen-bond acceptors (Lipinski definition) is 2. The summed E-state index contributed by atoms with van der Waals surface area (Å²) in [5.41, 5.74) is 0. The Hall–Kier alpha value is 0.425. The minimum atomic E-state index is -1.83. The molecule has 0 spiro atoms. The van der Waals surface area contributed by atoms with Crippen molar-refractivity contribution >= 4 is 6.16 Å². The average molecular weight is 93.9 g/mol. The molecule has 0 amide bonds. The van der Waals surface area contributed by atoms with Crippen molar-refractivity contribution < 1.29 is 59.6 Å². The van der Waals surface area contributed by atoms with Crippen LogP contribution >= 0.6 is 0 Å². The normalized spacial score (nSPS) is 3.43. The molecule has 3 N–H and O–H groups in total. The van der Waals surface area contributed by atoms with E-state index in [0.717, 1.165) is 0 Å². The van der Waals surface area contributed by atoms with Crippen molar-refractivity contribution in [3.05, 3.63) is 0 Å². The van der Waals surface area contributed by atoms with Crippen LogP contribution in [0.5, 0.6) is 0 Å². The van der Waals surface area contributed by atoms with Crippen molar-refractivity contribution in [3.63, 3.8) is 0 Å². The topological polar surface area (TPSA) is 87.5 Å². The number of carbonyl (C=O) groups is 1. The van der Waals surface area contributed by atoms with Gasteiger partial charge >= 0.3 is 43.9 Å². The summed E-state index contributed by atoms with van der Waals surface area (Å²) in [4.78, 5) is 8.56. The Morgan fingerprint density at radius 1 is 1.29 bits per heavy atom. The first kappa shape index (κ1) is 26.1. The van der Waals surface area contributed by atoms with Gasteiger partial charge in [-0.3, -0.25) is 0 Å². The van der Waals surface area contributed by atoms with Gasteiger partial charge < -0.3 is 17.1 Å². The van der Waals surface area contributed by atoms with E-state index in [1.165, 1.54) is 0 Å². The maximum absolute atomic E-state index is 8.56. The third kappa shape index (κ3) is 697. The first-order valence-electron chi connectivity index (χ1n) is 0.651. The molecular formula is CH4Li2O4. The molecule has 0 aliphatic rings. The summed E-state index contributed by atoms with van der Waals surface area (Å²) in [6.45, 7) is 0. The minimum absolute atomic E-state index is 0. The van der Waals surface area contributed by atoms with Gasteiger partial charge in [0.05, 0.1) is 0 Å². The van der Waals surface area contributed by atoms with E-state index < -0.39 is 6.16 Å². The Bertz CT molecular complexity index is 37.0. The zero-order valence-electron chi connectivity index (χ0n) is 5.25. The maximum atomic E-state index is 8.56. The molecule has 0 aromatic carbocycles. The molecule has 34 valence electrons. The Kier molecular flexibility index (Phi) is 60.2. The van der Waals surface area contributed by atoms with Gasteiger partial charge in [-0.05, 0) is 0 Å². The van der Waals surface area contributed by atoms with E-state index >= 15 is 0 Å². The van der Waals surface area contributed by atoms with Gasteiger partial charge in [-0.25, -0.2) is 4.79 Å². The Labute approximate surface area is 66.0 Å². The van der Waals surface area contributed by atoms with E-state index in [4.69, 9.17) is 15.0 Å². The summed E-state index contributed by atoms with van der Waals surface area (Å²) in [7, 11) is 0. The summed E-state index contributed by atoms with van der Waals surface area (Å²) in [5, 5.41) is 13.9.